The van der Waals surface area contributed by atoms with Crippen LogP contribution in [0.1, 0.15) is 38.2 Å². The average Bonchev–Trinajstić information content (AvgIpc) is 2.54. The summed E-state index contributed by atoms with van der Waals surface area (Å²) in [6.45, 7) is 5.62. The summed E-state index contributed by atoms with van der Waals surface area (Å²) in [6.07, 6.45) is 1.17. The van der Waals surface area contributed by atoms with Gasteiger partial charge in [0.05, 0.1) is 12.0 Å². The van der Waals surface area contributed by atoms with Gasteiger partial charge in [-0.1, -0.05) is 26.0 Å². The highest BCUT2D eigenvalue weighted by molar-refractivity contribution is 5.92. The number of anilines is 1. The number of ether oxygens (including phenoxy) is 1. The molecule has 0 saturated carbocycles. The molecule has 1 aromatic carbocycles. The minimum Gasteiger partial charge on any atom is -0.381 e. The van der Waals surface area contributed by atoms with Gasteiger partial charge in [-0.05, 0) is 36.5 Å². The molecule has 1 saturated heterocycles. The Morgan fingerprint density at radius 3 is 2.65 bits per heavy atom. The molecule has 0 radical (unpaired) electrons. The standard InChI is InChI=1S/C17H26N4O2/c1-12(2)13-4-3-5-14(10-13)21-16(19)20-11-17(15(18)22)6-8-23-9-7-17/h3-5,10,12H,6-9,11H2,1-2H3,(H2,18,22)(H3,19,20,21). The van der Waals surface area contributed by atoms with Gasteiger partial charge in [0.25, 0.3) is 0 Å². The van der Waals surface area contributed by atoms with Crippen LogP contribution in [0.4, 0.5) is 5.69 Å². The molecular weight excluding hydrogens is 292 g/mol. The number of amides is 1. The first-order chi connectivity index (χ1) is 10.9. The highest BCUT2D eigenvalue weighted by Crippen LogP contribution is 2.30. The number of hydrogen-bond donors (Lipinski definition) is 3. The summed E-state index contributed by atoms with van der Waals surface area (Å²) in [5.41, 5.74) is 13.0. The molecule has 6 heteroatoms. The van der Waals surface area contributed by atoms with Crippen molar-refractivity contribution in [1.29, 1.82) is 0 Å². The number of benzene rings is 1. The van der Waals surface area contributed by atoms with Gasteiger partial charge < -0.3 is 21.5 Å². The number of hydrogen-bond acceptors (Lipinski definition) is 3. The maximum Gasteiger partial charge on any atom is 0.225 e. The van der Waals surface area contributed by atoms with E-state index < -0.39 is 5.41 Å². The first-order valence-corrected chi connectivity index (χ1v) is 7.97. The third-order valence-corrected chi connectivity index (χ3v) is 4.35. The molecule has 1 amide bonds. The Bertz CT molecular complexity index is 578. The van der Waals surface area contributed by atoms with Crippen molar-refractivity contribution in [2.75, 3.05) is 25.1 Å². The SMILES string of the molecule is CC(C)c1cccc(NC(N)=NCC2(C(N)=O)CCOCC2)c1. The van der Waals surface area contributed by atoms with Crippen molar-refractivity contribution in [2.24, 2.45) is 21.9 Å². The Labute approximate surface area is 137 Å². The Morgan fingerprint density at radius 1 is 1.35 bits per heavy atom. The first-order valence-electron chi connectivity index (χ1n) is 7.97. The van der Waals surface area contributed by atoms with Crippen molar-refractivity contribution >= 4 is 17.6 Å². The number of nitrogens with two attached hydrogens (primary N) is 2. The van der Waals surface area contributed by atoms with Crippen LogP contribution in [0.15, 0.2) is 29.3 Å². The van der Waals surface area contributed by atoms with E-state index in [0.29, 0.717) is 32.0 Å². The fourth-order valence-corrected chi connectivity index (χ4v) is 2.64. The minimum absolute atomic E-state index is 0.286. The summed E-state index contributed by atoms with van der Waals surface area (Å²) in [5.74, 6) is 0.396. The molecule has 0 unspecified atom stereocenters. The number of nitrogens with zero attached hydrogens (tertiary/aromatic N) is 1. The van der Waals surface area contributed by atoms with Gasteiger partial charge in [0.2, 0.25) is 5.91 Å². The topological polar surface area (TPSA) is 103 Å². The zero-order valence-electron chi connectivity index (χ0n) is 13.8. The van der Waals surface area contributed by atoms with Gasteiger partial charge in [-0.25, -0.2) is 0 Å². The molecule has 2 rings (SSSR count). The minimum atomic E-state index is -0.648. The van der Waals surface area contributed by atoms with Crippen LogP contribution in [0.25, 0.3) is 0 Å². The molecule has 126 valence electrons. The van der Waals surface area contributed by atoms with Gasteiger partial charge in [-0.3, -0.25) is 9.79 Å². The first kappa shape index (κ1) is 17.3. The molecule has 0 aliphatic carbocycles. The zero-order valence-corrected chi connectivity index (χ0v) is 13.8. The fourth-order valence-electron chi connectivity index (χ4n) is 2.64. The van der Waals surface area contributed by atoms with Crippen molar-refractivity contribution in [3.63, 3.8) is 0 Å². The highest BCUT2D eigenvalue weighted by atomic mass is 16.5. The molecule has 1 aliphatic rings. The second kappa shape index (κ2) is 7.46. The molecule has 1 aliphatic heterocycles. The van der Waals surface area contributed by atoms with Crippen LogP contribution in [0.2, 0.25) is 0 Å². The van der Waals surface area contributed by atoms with Crippen molar-refractivity contribution in [3.05, 3.63) is 29.8 Å². The maximum absolute atomic E-state index is 11.8. The molecule has 6 nitrogen and oxygen atoms in total. The summed E-state index contributed by atoms with van der Waals surface area (Å²) >= 11 is 0. The van der Waals surface area contributed by atoms with Crippen molar-refractivity contribution in [3.8, 4) is 0 Å². The number of guanidine groups is 1. The average molecular weight is 318 g/mol. The lowest BCUT2D eigenvalue weighted by Gasteiger charge is -2.32. The van der Waals surface area contributed by atoms with Crippen molar-refractivity contribution < 1.29 is 9.53 Å². The van der Waals surface area contributed by atoms with Crippen molar-refractivity contribution in [2.45, 2.75) is 32.6 Å². The molecule has 1 fully saturated rings. The molecule has 0 spiro atoms. The van der Waals surface area contributed by atoms with Crippen LogP contribution in [0.5, 0.6) is 0 Å². The third kappa shape index (κ3) is 4.45. The zero-order chi connectivity index (χ0) is 16.9. The van der Waals surface area contributed by atoms with E-state index in [1.54, 1.807) is 0 Å². The van der Waals surface area contributed by atoms with E-state index in [4.69, 9.17) is 16.2 Å². The lowest BCUT2D eigenvalue weighted by Crippen LogP contribution is -2.44. The predicted octanol–water partition coefficient (Wildman–Crippen LogP) is 1.82. The maximum atomic E-state index is 11.8. The van der Waals surface area contributed by atoms with E-state index in [-0.39, 0.29) is 18.4 Å². The van der Waals surface area contributed by atoms with Gasteiger partial charge in [0, 0.05) is 18.9 Å². The van der Waals surface area contributed by atoms with E-state index in [0.717, 1.165) is 5.69 Å². The molecule has 1 heterocycles. The molecule has 5 N–H and O–H groups in total. The normalized spacial score (nSPS) is 18.0. The van der Waals surface area contributed by atoms with Crippen LogP contribution in [-0.4, -0.2) is 31.6 Å². The summed E-state index contributed by atoms with van der Waals surface area (Å²) in [5, 5.41) is 3.08. The Balaban J connectivity index is 2.04. The fraction of sp³-hybridized carbons (Fsp3) is 0.529. The van der Waals surface area contributed by atoms with Gasteiger partial charge in [-0.15, -0.1) is 0 Å². The monoisotopic (exact) mass is 318 g/mol. The van der Waals surface area contributed by atoms with Crippen LogP contribution < -0.4 is 16.8 Å². The summed E-state index contributed by atoms with van der Waals surface area (Å²) in [6, 6.07) is 8.04. The number of primary amides is 1. The Kier molecular flexibility index (Phi) is 5.60. The van der Waals surface area contributed by atoms with E-state index in [1.807, 2.05) is 18.2 Å². The predicted molar refractivity (Wildman–Crippen MR) is 92.3 cm³/mol. The Morgan fingerprint density at radius 2 is 2.04 bits per heavy atom. The van der Waals surface area contributed by atoms with E-state index >= 15 is 0 Å². The number of rotatable bonds is 5. The lowest BCUT2D eigenvalue weighted by molar-refractivity contribution is -0.132. The van der Waals surface area contributed by atoms with E-state index in [2.05, 4.69) is 30.2 Å². The third-order valence-electron chi connectivity index (χ3n) is 4.35. The number of carbonyl (C=O) groups is 1. The number of carbonyl (C=O) groups excluding carboxylic acids is 1. The molecule has 23 heavy (non-hydrogen) atoms. The smallest absolute Gasteiger partial charge is 0.225 e. The van der Waals surface area contributed by atoms with Crippen LogP contribution >= 0.6 is 0 Å². The van der Waals surface area contributed by atoms with Gasteiger partial charge in [-0.2, -0.15) is 0 Å². The molecular formula is C17H26N4O2. The summed E-state index contributed by atoms with van der Waals surface area (Å²) in [4.78, 5) is 16.1. The number of aliphatic imine (C=N–C) groups is 1. The second-order valence-electron chi connectivity index (χ2n) is 6.36. The second-order valence-corrected chi connectivity index (χ2v) is 6.36. The molecule has 1 aromatic rings. The quantitative estimate of drug-likeness (QED) is 0.569. The van der Waals surface area contributed by atoms with Crippen molar-refractivity contribution in [1.82, 2.24) is 0 Å². The lowest BCUT2D eigenvalue weighted by atomic mass is 9.79. The largest absolute Gasteiger partial charge is 0.381 e. The Hall–Kier alpha value is -2.08. The summed E-state index contributed by atoms with van der Waals surface area (Å²) < 4.78 is 5.31. The number of nitrogens with one attached hydrogen (secondary N) is 1. The molecule has 0 bridgehead atoms. The summed E-state index contributed by atoms with van der Waals surface area (Å²) in [7, 11) is 0. The van der Waals surface area contributed by atoms with Gasteiger partial charge >= 0.3 is 0 Å². The molecule has 0 atom stereocenters. The van der Waals surface area contributed by atoms with E-state index in [1.165, 1.54) is 5.56 Å². The van der Waals surface area contributed by atoms with Crippen LogP contribution in [0, 0.1) is 5.41 Å². The highest BCUT2D eigenvalue weighted by Gasteiger charge is 2.38. The van der Waals surface area contributed by atoms with Gasteiger partial charge in [0.1, 0.15) is 0 Å². The molecule has 0 aromatic heterocycles. The van der Waals surface area contributed by atoms with E-state index in [9.17, 15) is 4.79 Å². The van der Waals surface area contributed by atoms with Crippen LogP contribution in [0.3, 0.4) is 0 Å². The van der Waals surface area contributed by atoms with Gasteiger partial charge in [0.15, 0.2) is 5.96 Å². The van der Waals surface area contributed by atoms with Crippen LogP contribution in [-0.2, 0) is 9.53 Å².